The highest BCUT2D eigenvalue weighted by Gasteiger charge is 2.47. The lowest BCUT2D eigenvalue weighted by atomic mass is 9.94. The van der Waals surface area contributed by atoms with Gasteiger partial charge in [-0.3, -0.25) is 9.59 Å². The highest BCUT2D eigenvalue weighted by atomic mass is 16.5. The number of aliphatic hydroxyl groups is 1. The van der Waals surface area contributed by atoms with Crippen LogP contribution in [0.1, 0.15) is 35.6 Å². The number of ketones is 1. The molecule has 6 heteroatoms. The molecule has 178 valence electrons. The Morgan fingerprint density at radius 2 is 1.74 bits per heavy atom. The lowest BCUT2D eigenvalue weighted by molar-refractivity contribution is -0.140. The number of Topliss-reactive ketones (excluding diaryl/α,β-unsaturated/α-hetero) is 1. The highest BCUT2D eigenvalue weighted by Crippen LogP contribution is 2.41. The summed E-state index contributed by atoms with van der Waals surface area (Å²) in [5, 5.41) is 11.2. The maximum absolute atomic E-state index is 13.2. The molecule has 0 aromatic heterocycles. The predicted molar refractivity (Wildman–Crippen MR) is 132 cm³/mol. The Balaban J connectivity index is 1.58. The number of hydrogen-bond acceptors (Lipinski definition) is 5. The maximum Gasteiger partial charge on any atom is 0.295 e. The number of aryl methyl sites for hydroxylation is 1. The van der Waals surface area contributed by atoms with E-state index in [-0.39, 0.29) is 24.0 Å². The quantitative estimate of drug-likeness (QED) is 0.298. The molecule has 3 aromatic carbocycles. The molecular weight excluding hydrogens is 442 g/mol. The number of amides is 1. The normalized spacial score (nSPS) is 21.5. The molecule has 0 aliphatic carbocycles. The van der Waals surface area contributed by atoms with E-state index in [4.69, 9.17) is 9.47 Å². The molecule has 0 saturated carbocycles. The van der Waals surface area contributed by atoms with Crippen molar-refractivity contribution in [2.24, 2.45) is 0 Å². The van der Waals surface area contributed by atoms with Gasteiger partial charge in [-0.1, -0.05) is 60.2 Å². The fourth-order valence-corrected chi connectivity index (χ4v) is 4.66. The smallest absolute Gasteiger partial charge is 0.295 e. The van der Waals surface area contributed by atoms with E-state index in [1.165, 1.54) is 4.90 Å². The van der Waals surface area contributed by atoms with Gasteiger partial charge in [0.2, 0.25) is 0 Å². The van der Waals surface area contributed by atoms with Gasteiger partial charge in [0.25, 0.3) is 11.7 Å². The first kappa shape index (κ1) is 22.9. The van der Waals surface area contributed by atoms with Crippen molar-refractivity contribution in [2.75, 3.05) is 13.2 Å². The monoisotopic (exact) mass is 469 g/mol. The molecule has 2 unspecified atom stereocenters. The minimum absolute atomic E-state index is 0.0775. The second kappa shape index (κ2) is 9.76. The zero-order valence-corrected chi connectivity index (χ0v) is 19.5. The zero-order valence-electron chi connectivity index (χ0n) is 19.5. The van der Waals surface area contributed by atoms with Crippen LogP contribution in [0.2, 0.25) is 0 Å². The van der Waals surface area contributed by atoms with E-state index in [1.807, 2.05) is 73.7 Å². The third-order valence-corrected chi connectivity index (χ3v) is 6.44. The number of carbonyl (C=O) groups excluding carboxylic acids is 2. The van der Waals surface area contributed by atoms with E-state index in [0.717, 1.165) is 18.4 Å². The molecule has 2 fully saturated rings. The van der Waals surface area contributed by atoms with Crippen LogP contribution in [-0.4, -0.2) is 41.0 Å². The van der Waals surface area contributed by atoms with Crippen molar-refractivity contribution in [3.05, 3.63) is 101 Å². The molecule has 0 radical (unpaired) electrons. The molecule has 2 heterocycles. The molecule has 3 aromatic rings. The molecule has 2 aliphatic heterocycles. The van der Waals surface area contributed by atoms with Gasteiger partial charge < -0.3 is 19.5 Å². The van der Waals surface area contributed by atoms with Crippen LogP contribution in [0.15, 0.2) is 84.4 Å². The summed E-state index contributed by atoms with van der Waals surface area (Å²) in [6.45, 7) is 2.87. The average Bonchev–Trinajstić information content (AvgIpc) is 3.47. The molecule has 2 atom stereocenters. The van der Waals surface area contributed by atoms with Crippen molar-refractivity contribution in [1.29, 1.82) is 0 Å². The van der Waals surface area contributed by atoms with Gasteiger partial charge in [0.05, 0.1) is 17.7 Å². The first-order valence-corrected chi connectivity index (χ1v) is 11.8. The number of benzene rings is 3. The molecule has 2 saturated heterocycles. The minimum atomic E-state index is -0.750. The van der Waals surface area contributed by atoms with Crippen LogP contribution in [0.5, 0.6) is 11.5 Å². The number of nitrogens with zero attached hydrogens (tertiary/aromatic N) is 1. The first-order valence-electron chi connectivity index (χ1n) is 11.8. The summed E-state index contributed by atoms with van der Waals surface area (Å²) >= 11 is 0. The molecule has 1 amide bonds. The molecule has 0 spiro atoms. The van der Waals surface area contributed by atoms with Gasteiger partial charge in [0.15, 0.2) is 0 Å². The summed E-state index contributed by atoms with van der Waals surface area (Å²) in [4.78, 5) is 28.0. The van der Waals surface area contributed by atoms with Crippen molar-refractivity contribution in [3.63, 3.8) is 0 Å². The summed E-state index contributed by atoms with van der Waals surface area (Å²) in [6.07, 6.45) is 1.60. The van der Waals surface area contributed by atoms with E-state index < -0.39 is 17.7 Å². The minimum Gasteiger partial charge on any atom is -0.507 e. The van der Waals surface area contributed by atoms with Gasteiger partial charge in [0, 0.05) is 18.7 Å². The number of rotatable bonds is 6. The number of carbonyl (C=O) groups is 2. The fraction of sp³-hybridized carbons (Fsp3) is 0.241. The third-order valence-electron chi connectivity index (χ3n) is 6.44. The Bertz CT molecular complexity index is 1260. The lowest BCUT2D eigenvalue weighted by Gasteiger charge is -2.27. The van der Waals surface area contributed by atoms with Crippen LogP contribution in [0.3, 0.4) is 0 Å². The number of ether oxygens (including phenoxy) is 2. The summed E-state index contributed by atoms with van der Waals surface area (Å²) in [5.41, 5.74) is 2.29. The summed E-state index contributed by atoms with van der Waals surface area (Å²) in [7, 11) is 0. The van der Waals surface area contributed by atoms with Crippen molar-refractivity contribution in [2.45, 2.75) is 31.9 Å². The van der Waals surface area contributed by atoms with E-state index in [9.17, 15) is 14.7 Å². The SMILES string of the molecule is Cc1ccc(C(O)=C2C(=O)C(=O)N(CC3CCCO3)C2c2cccc(Oc3ccccc3)c2)cc1. The Hall–Kier alpha value is -3.90. The van der Waals surface area contributed by atoms with Crippen LogP contribution in [0, 0.1) is 6.92 Å². The Morgan fingerprint density at radius 3 is 2.46 bits per heavy atom. The largest absolute Gasteiger partial charge is 0.507 e. The van der Waals surface area contributed by atoms with Crippen LogP contribution < -0.4 is 4.74 Å². The third kappa shape index (κ3) is 4.70. The topological polar surface area (TPSA) is 76.1 Å². The van der Waals surface area contributed by atoms with E-state index >= 15 is 0 Å². The molecule has 2 aliphatic rings. The van der Waals surface area contributed by atoms with Crippen LogP contribution >= 0.6 is 0 Å². The van der Waals surface area contributed by atoms with Gasteiger partial charge >= 0.3 is 0 Å². The predicted octanol–water partition coefficient (Wildman–Crippen LogP) is 5.39. The summed E-state index contributed by atoms with van der Waals surface area (Å²) < 4.78 is 11.8. The van der Waals surface area contributed by atoms with Gasteiger partial charge in [-0.15, -0.1) is 0 Å². The molecule has 1 N–H and O–H groups in total. The van der Waals surface area contributed by atoms with E-state index in [0.29, 0.717) is 29.2 Å². The second-order valence-corrected chi connectivity index (χ2v) is 8.94. The first-order chi connectivity index (χ1) is 17.0. The maximum atomic E-state index is 13.2. The number of likely N-dealkylation sites (tertiary alicyclic amines) is 1. The molecule has 5 rings (SSSR count). The van der Waals surface area contributed by atoms with E-state index in [2.05, 4.69) is 0 Å². The van der Waals surface area contributed by atoms with Crippen LogP contribution in [0.4, 0.5) is 0 Å². The van der Waals surface area contributed by atoms with Gasteiger partial charge in [-0.05, 0) is 49.6 Å². The zero-order chi connectivity index (χ0) is 24.4. The Morgan fingerprint density at radius 1 is 1.00 bits per heavy atom. The van der Waals surface area contributed by atoms with Crippen molar-refractivity contribution >= 4 is 17.4 Å². The lowest BCUT2D eigenvalue weighted by Crippen LogP contribution is -2.36. The number of para-hydroxylation sites is 1. The molecular formula is C29H27NO5. The van der Waals surface area contributed by atoms with Crippen molar-refractivity contribution in [3.8, 4) is 11.5 Å². The van der Waals surface area contributed by atoms with E-state index in [1.54, 1.807) is 12.1 Å². The van der Waals surface area contributed by atoms with Gasteiger partial charge in [-0.2, -0.15) is 0 Å². The standard InChI is InChI=1S/C29H27NO5/c1-19-12-14-20(15-13-19)27(31)25-26(30(29(33)28(25)32)18-24-11-6-16-34-24)21-7-5-10-23(17-21)35-22-8-3-2-4-9-22/h2-5,7-10,12-15,17,24,26,31H,6,11,16,18H2,1H3. The Kier molecular flexibility index (Phi) is 6.38. The van der Waals surface area contributed by atoms with Gasteiger partial charge in [-0.25, -0.2) is 0 Å². The van der Waals surface area contributed by atoms with Crippen LogP contribution in [0.25, 0.3) is 5.76 Å². The van der Waals surface area contributed by atoms with Crippen LogP contribution in [-0.2, 0) is 14.3 Å². The second-order valence-electron chi connectivity index (χ2n) is 8.94. The number of aliphatic hydroxyl groups excluding tert-OH is 1. The van der Waals surface area contributed by atoms with Crippen molar-refractivity contribution < 1.29 is 24.2 Å². The van der Waals surface area contributed by atoms with Gasteiger partial charge in [0.1, 0.15) is 17.3 Å². The van der Waals surface area contributed by atoms with Crippen molar-refractivity contribution in [1.82, 2.24) is 4.90 Å². The Labute approximate surface area is 204 Å². The fourth-order valence-electron chi connectivity index (χ4n) is 4.66. The molecule has 6 nitrogen and oxygen atoms in total. The molecule has 0 bridgehead atoms. The summed E-state index contributed by atoms with van der Waals surface area (Å²) in [5.74, 6) is -0.254. The number of hydrogen-bond donors (Lipinski definition) is 1. The molecule has 35 heavy (non-hydrogen) atoms. The summed E-state index contributed by atoms with van der Waals surface area (Å²) in [6, 6.07) is 23.2. The highest BCUT2D eigenvalue weighted by molar-refractivity contribution is 6.46. The average molecular weight is 470 g/mol.